The monoisotopic (exact) mass is 352 g/mol. The number of benzene rings is 1. The number of hydrogen-bond acceptors (Lipinski definition) is 3. The van der Waals surface area contributed by atoms with Crippen molar-refractivity contribution in [2.75, 3.05) is 7.05 Å². The second-order valence-electron chi connectivity index (χ2n) is 4.95. The van der Waals surface area contributed by atoms with E-state index in [-0.39, 0.29) is 5.91 Å². The Morgan fingerprint density at radius 3 is 2.55 bits per heavy atom. The highest BCUT2D eigenvalue weighted by Gasteiger charge is 2.33. The molecule has 0 aliphatic heterocycles. The summed E-state index contributed by atoms with van der Waals surface area (Å²) in [6.45, 7) is 2.34. The highest BCUT2D eigenvalue weighted by atomic mass is 79.9. The lowest BCUT2D eigenvalue weighted by atomic mass is 9.92. The summed E-state index contributed by atoms with van der Waals surface area (Å²) in [6, 6.07) is 11.5. The Morgan fingerprint density at radius 1 is 1.35 bits per heavy atom. The average molecular weight is 353 g/mol. The van der Waals surface area contributed by atoms with Crippen molar-refractivity contribution in [3.8, 4) is 0 Å². The zero-order valence-electron chi connectivity index (χ0n) is 11.5. The number of amides is 1. The maximum Gasteiger partial charge on any atom is 0.247 e. The van der Waals surface area contributed by atoms with Crippen LogP contribution in [0.2, 0.25) is 0 Å². The van der Waals surface area contributed by atoms with Crippen LogP contribution in [0.5, 0.6) is 0 Å². The third-order valence-electron chi connectivity index (χ3n) is 3.21. The van der Waals surface area contributed by atoms with Gasteiger partial charge in [-0.3, -0.25) is 4.79 Å². The van der Waals surface area contributed by atoms with E-state index in [4.69, 9.17) is 5.73 Å². The van der Waals surface area contributed by atoms with E-state index in [1.165, 1.54) is 0 Å². The molecule has 0 spiro atoms. The number of hydrogen-bond donors (Lipinski definition) is 1. The van der Waals surface area contributed by atoms with Crippen molar-refractivity contribution in [2.24, 2.45) is 5.73 Å². The van der Waals surface area contributed by atoms with Gasteiger partial charge in [0.15, 0.2) is 0 Å². The molecule has 1 heterocycles. The van der Waals surface area contributed by atoms with Gasteiger partial charge in [-0.1, -0.05) is 34.1 Å². The lowest BCUT2D eigenvalue weighted by Gasteiger charge is -2.29. The predicted octanol–water partition coefficient (Wildman–Crippen LogP) is 3.34. The van der Waals surface area contributed by atoms with Crippen molar-refractivity contribution >= 4 is 33.2 Å². The van der Waals surface area contributed by atoms with E-state index in [2.05, 4.69) is 15.9 Å². The van der Waals surface area contributed by atoms with E-state index in [0.29, 0.717) is 6.54 Å². The molecule has 2 aromatic rings. The Bertz CT molecular complexity index is 578. The van der Waals surface area contributed by atoms with Gasteiger partial charge in [-0.2, -0.15) is 0 Å². The van der Waals surface area contributed by atoms with Gasteiger partial charge < -0.3 is 10.6 Å². The van der Waals surface area contributed by atoms with Crippen LogP contribution >= 0.6 is 27.3 Å². The molecule has 3 nitrogen and oxygen atoms in total. The average Bonchev–Trinajstić information content (AvgIpc) is 2.91. The molecule has 1 unspecified atom stereocenters. The molecule has 106 valence electrons. The van der Waals surface area contributed by atoms with Crippen LogP contribution in [0.25, 0.3) is 0 Å². The second kappa shape index (κ2) is 6.08. The van der Waals surface area contributed by atoms with Crippen molar-refractivity contribution in [1.82, 2.24) is 4.90 Å². The lowest BCUT2D eigenvalue weighted by Crippen LogP contribution is -2.49. The Balaban J connectivity index is 2.15. The highest BCUT2D eigenvalue weighted by molar-refractivity contribution is 9.10. The molecule has 2 rings (SSSR count). The first-order chi connectivity index (χ1) is 9.41. The SMILES string of the molecule is CN(Cc1cccs1)C(=O)C(C)(N)c1ccc(Br)cc1. The van der Waals surface area contributed by atoms with Crippen molar-refractivity contribution in [3.05, 3.63) is 56.7 Å². The minimum absolute atomic E-state index is 0.0896. The molecule has 1 atom stereocenters. The summed E-state index contributed by atoms with van der Waals surface area (Å²) in [4.78, 5) is 15.4. The number of halogens is 1. The standard InChI is InChI=1S/C15H17BrN2OS/c1-15(17,11-5-7-12(16)8-6-11)14(19)18(2)10-13-4-3-9-20-13/h3-9H,10,17H2,1-2H3. The van der Waals surface area contributed by atoms with Crippen LogP contribution in [-0.2, 0) is 16.9 Å². The zero-order chi connectivity index (χ0) is 14.8. The van der Waals surface area contributed by atoms with E-state index >= 15 is 0 Å². The van der Waals surface area contributed by atoms with Crippen molar-refractivity contribution < 1.29 is 4.79 Å². The van der Waals surface area contributed by atoms with Crippen LogP contribution in [0.3, 0.4) is 0 Å². The van der Waals surface area contributed by atoms with Gasteiger partial charge in [0.25, 0.3) is 0 Å². The summed E-state index contributed by atoms with van der Waals surface area (Å²) in [6.07, 6.45) is 0. The maximum atomic E-state index is 12.6. The van der Waals surface area contributed by atoms with Crippen LogP contribution in [0.4, 0.5) is 0 Å². The summed E-state index contributed by atoms with van der Waals surface area (Å²) >= 11 is 5.02. The number of carbonyl (C=O) groups is 1. The molecule has 0 aliphatic carbocycles. The van der Waals surface area contributed by atoms with Crippen molar-refractivity contribution in [2.45, 2.75) is 19.0 Å². The van der Waals surface area contributed by atoms with Gasteiger partial charge in [0.2, 0.25) is 5.91 Å². The second-order valence-corrected chi connectivity index (χ2v) is 6.90. The van der Waals surface area contributed by atoms with Gasteiger partial charge in [0, 0.05) is 16.4 Å². The fourth-order valence-electron chi connectivity index (χ4n) is 2.02. The molecule has 1 aromatic carbocycles. The maximum absolute atomic E-state index is 12.6. The Hall–Kier alpha value is -1.17. The molecule has 1 aromatic heterocycles. The first-order valence-electron chi connectivity index (χ1n) is 6.24. The topological polar surface area (TPSA) is 46.3 Å². The molecule has 0 aliphatic rings. The number of nitrogens with zero attached hydrogens (tertiary/aromatic N) is 1. The Labute approximate surface area is 131 Å². The number of nitrogens with two attached hydrogens (primary N) is 1. The summed E-state index contributed by atoms with van der Waals surface area (Å²) in [5, 5.41) is 2.00. The fraction of sp³-hybridized carbons (Fsp3) is 0.267. The van der Waals surface area contributed by atoms with Crippen molar-refractivity contribution in [1.29, 1.82) is 0 Å². The third kappa shape index (κ3) is 3.29. The molecule has 0 saturated carbocycles. The molecule has 1 amide bonds. The molecule has 0 bridgehead atoms. The van der Waals surface area contributed by atoms with E-state index in [0.717, 1.165) is 14.9 Å². The lowest BCUT2D eigenvalue weighted by molar-refractivity contribution is -0.135. The van der Waals surface area contributed by atoms with E-state index in [1.54, 1.807) is 30.2 Å². The quantitative estimate of drug-likeness (QED) is 0.916. The van der Waals surface area contributed by atoms with Crippen LogP contribution in [-0.4, -0.2) is 17.9 Å². The van der Waals surface area contributed by atoms with Gasteiger partial charge in [-0.05, 0) is 36.1 Å². The van der Waals surface area contributed by atoms with Crippen LogP contribution in [0, 0.1) is 0 Å². The first kappa shape index (κ1) is 15.2. The Kier molecular flexibility index (Phi) is 4.62. The summed E-state index contributed by atoms with van der Waals surface area (Å²) in [7, 11) is 1.78. The normalized spacial score (nSPS) is 13.8. The fourth-order valence-corrected chi connectivity index (χ4v) is 3.05. The first-order valence-corrected chi connectivity index (χ1v) is 7.91. The van der Waals surface area contributed by atoms with E-state index in [9.17, 15) is 4.79 Å². The molecular weight excluding hydrogens is 336 g/mol. The zero-order valence-corrected chi connectivity index (χ0v) is 13.9. The third-order valence-corrected chi connectivity index (χ3v) is 4.60. The number of rotatable bonds is 4. The van der Waals surface area contributed by atoms with Gasteiger partial charge in [0.05, 0.1) is 6.54 Å². The predicted molar refractivity (Wildman–Crippen MR) is 86.5 cm³/mol. The van der Waals surface area contributed by atoms with E-state index < -0.39 is 5.54 Å². The van der Waals surface area contributed by atoms with Gasteiger partial charge in [-0.15, -0.1) is 11.3 Å². The minimum Gasteiger partial charge on any atom is -0.339 e. The highest BCUT2D eigenvalue weighted by Crippen LogP contribution is 2.23. The number of thiophene rings is 1. The summed E-state index contributed by atoms with van der Waals surface area (Å²) in [5.41, 5.74) is 6.05. The largest absolute Gasteiger partial charge is 0.339 e. The van der Waals surface area contributed by atoms with E-state index in [1.807, 2.05) is 41.8 Å². The smallest absolute Gasteiger partial charge is 0.247 e. The molecule has 20 heavy (non-hydrogen) atoms. The summed E-state index contributed by atoms with van der Waals surface area (Å²) < 4.78 is 0.969. The minimum atomic E-state index is -1.02. The number of likely N-dealkylation sites (N-methyl/N-ethyl adjacent to an activating group) is 1. The molecule has 0 saturated heterocycles. The molecule has 5 heteroatoms. The van der Waals surface area contributed by atoms with Gasteiger partial charge in [0.1, 0.15) is 5.54 Å². The molecule has 0 fully saturated rings. The van der Waals surface area contributed by atoms with Crippen LogP contribution in [0.1, 0.15) is 17.4 Å². The van der Waals surface area contributed by atoms with Gasteiger partial charge >= 0.3 is 0 Å². The molecule has 0 radical (unpaired) electrons. The Morgan fingerprint density at radius 2 is 2.00 bits per heavy atom. The molecular formula is C15H17BrN2OS. The van der Waals surface area contributed by atoms with Crippen LogP contribution in [0.15, 0.2) is 46.3 Å². The molecule has 2 N–H and O–H groups in total. The van der Waals surface area contributed by atoms with Crippen molar-refractivity contribution in [3.63, 3.8) is 0 Å². The van der Waals surface area contributed by atoms with Crippen LogP contribution < -0.4 is 5.73 Å². The number of carbonyl (C=O) groups excluding carboxylic acids is 1. The summed E-state index contributed by atoms with van der Waals surface area (Å²) in [5.74, 6) is -0.0896. The van der Waals surface area contributed by atoms with Gasteiger partial charge in [-0.25, -0.2) is 0 Å².